The van der Waals surface area contributed by atoms with Crippen LogP contribution in [0.4, 0.5) is 15.8 Å². The maximum Gasteiger partial charge on any atom is 0.255 e. The van der Waals surface area contributed by atoms with Crippen molar-refractivity contribution in [3.05, 3.63) is 71.5 Å². The van der Waals surface area contributed by atoms with Gasteiger partial charge in [-0.15, -0.1) is 0 Å². The predicted octanol–water partition coefficient (Wildman–Crippen LogP) is 4.48. The molecule has 2 N–H and O–H groups in total. The fraction of sp³-hybridized carbons (Fsp3) is 0.190. The molecule has 1 aliphatic rings. The zero-order chi connectivity index (χ0) is 19.9. The van der Waals surface area contributed by atoms with E-state index in [1.54, 1.807) is 6.07 Å². The van der Waals surface area contributed by atoms with Crippen LogP contribution >= 0.6 is 0 Å². The first-order valence-corrected chi connectivity index (χ1v) is 10.8. The Bertz CT molecular complexity index is 1170. The van der Waals surface area contributed by atoms with Crippen LogP contribution in [-0.4, -0.2) is 20.6 Å². The van der Waals surface area contributed by atoms with Crippen molar-refractivity contribution in [3.8, 4) is 0 Å². The van der Waals surface area contributed by atoms with Gasteiger partial charge >= 0.3 is 0 Å². The zero-order valence-corrected chi connectivity index (χ0v) is 16.0. The van der Waals surface area contributed by atoms with Crippen molar-refractivity contribution in [2.75, 3.05) is 16.3 Å². The largest absolute Gasteiger partial charge is 0.320 e. The van der Waals surface area contributed by atoms with Gasteiger partial charge in [0.15, 0.2) is 0 Å². The highest BCUT2D eigenvalue weighted by atomic mass is 32.2. The minimum atomic E-state index is -3.54. The molecule has 1 fully saturated rings. The lowest BCUT2D eigenvalue weighted by Gasteiger charge is -2.17. The van der Waals surface area contributed by atoms with Gasteiger partial charge in [0, 0.05) is 10.9 Å². The fourth-order valence-electron chi connectivity index (χ4n) is 3.34. The minimum absolute atomic E-state index is 0.280. The monoisotopic (exact) mass is 398 g/mol. The van der Waals surface area contributed by atoms with Crippen LogP contribution in [0.3, 0.4) is 0 Å². The number of carbonyl (C=O) groups is 1. The number of nitrogens with one attached hydrogen (secondary N) is 2. The molecule has 0 aliphatic heterocycles. The first kappa shape index (κ1) is 18.4. The van der Waals surface area contributed by atoms with E-state index in [0.29, 0.717) is 17.3 Å². The third-order valence-corrected chi connectivity index (χ3v) is 5.34. The summed E-state index contributed by atoms with van der Waals surface area (Å²) in [4.78, 5) is 12.7. The van der Waals surface area contributed by atoms with Crippen molar-refractivity contribution in [1.29, 1.82) is 0 Å². The number of sulfonamides is 1. The number of benzene rings is 3. The van der Waals surface area contributed by atoms with Crippen molar-refractivity contribution in [2.45, 2.75) is 18.8 Å². The SMILES string of the molecule is CS(=O)(=O)Nc1ccc2c(C3CC3)cccc2c1NC(=O)c1ccc(F)cc1. The van der Waals surface area contributed by atoms with Gasteiger partial charge in [0.05, 0.1) is 17.6 Å². The molecular formula is C21H19FN2O3S. The summed E-state index contributed by atoms with van der Waals surface area (Å²) in [6.45, 7) is 0. The third-order valence-electron chi connectivity index (χ3n) is 4.75. The van der Waals surface area contributed by atoms with E-state index in [9.17, 15) is 17.6 Å². The number of amides is 1. The van der Waals surface area contributed by atoms with Crippen LogP contribution in [0.25, 0.3) is 10.8 Å². The van der Waals surface area contributed by atoms with Gasteiger partial charge in [-0.25, -0.2) is 12.8 Å². The first-order chi connectivity index (χ1) is 13.3. The van der Waals surface area contributed by atoms with Crippen LogP contribution < -0.4 is 10.0 Å². The molecular weight excluding hydrogens is 379 g/mol. The van der Waals surface area contributed by atoms with E-state index in [4.69, 9.17) is 0 Å². The van der Waals surface area contributed by atoms with Crippen LogP contribution in [0.15, 0.2) is 54.6 Å². The normalized spacial score (nSPS) is 14.1. The van der Waals surface area contributed by atoms with E-state index in [1.807, 2.05) is 18.2 Å². The van der Waals surface area contributed by atoms with Crippen LogP contribution in [0.2, 0.25) is 0 Å². The number of halogens is 1. The molecule has 0 atom stereocenters. The second-order valence-corrected chi connectivity index (χ2v) is 8.79. The molecule has 144 valence electrons. The summed E-state index contributed by atoms with van der Waals surface area (Å²) in [6.07, 6.45) is 3.31. The van der Waals surface area contributed by atoms with Gasteiger partial charge in [0.25, 0.3) is 5.91 Å². The summed E-state index contributed by atoms with van der Waals surface area (Å²) in [7, 11) is -3.54. The Kier molecular flexibility index (Phi) is 4.55. The molecule has 0 bridgehead atoms. The predicted molar refractivity (Wildman–Crippen MR) is 109 cm³/mol. The Morgan fingerprint density at radius 1 is 1.00 bits per heavy atom. The Morgan fingerprint density at radius 2 is 1.71 bits per heavy atom. The lowest BCUT2D eigenvalue weighted by molar-refractivity contribution is 0.102. The molecule has 0 aromatic heterocycles. The molecule has 7 heteroatoms. The van der Waals surface area contributed by atoms with Gasteiger partial charge in [0.1, 0.15) is 5.82 Å². The number of hydrogen-bond acceptors (Lipinski definition) is 3. The molecule has 0 radical (unpaired) electrons. The van der Waals surface area contributed by atoms with Gasteiger partial charge in [-0.2, -0.15) is 0 Å². The zero-order valence-electron chi connectivity index (χ0n) is 15.2. The topological polar surface area (TPSA) is 75.3 Å². The summed E-state index contributed by atoms with van der Waals surface area (Å²) in [6, 6.07) is 14.6. The molecule has 28 heavy (non-hydrogen) atoms. The molecule has 3 aromatic carbocycles. The Balaban J connectivity index is 1.82. The first-order valence-electron chi connectivity index (χ1n) is 8.92. The smallest absolute Gasteiger partial charge is 0.255 e. The highest BCUT2D eigenvalue weighted by Gasteiger charge is 2.26. The standard InChI is InChI=1S/C21H19FN2O3S/c1-28(26,27)24-19-12-11-17-16(13-5-6-13)3-2-4-18(17)20(19)23-21(25)14-7-9-15(22)10-8-14/h2-4,7-13,24H,5-6H2,1H3,(H,23,25). The van der Waals surface area contributed by atoms with Crippen molar-refractivity contribution >= 4 is 38.1 Å². The summed E-state index contributed by atoms with van der Waals surface area (Å²) < 4.78 is 39.2. The van der Waals surface area contributed by atoms with Gasteiger partial charge in [-0.05, 0) is 60.0 Å². The van der Waals surface area contributed by atoms with E-state index in [2.05, 4.69) is 16.1 Å². The number of rotatable bonds is 5. The molecule has 4 rings (SSSR count). The van der Waals surface area contributed by atoms with E-state index in [1.165, 1.54) is 29.8 Å². The second-order valence-electron chi connectivity index (χ2n) is 7.04. The number of anilines is 2. The molecule has 3 aromatic rings. The van der Waals surface area contributed by atoms with E-state index in [0.717, 1.165) is 29.9 Å². The fourth-order valence-corrected chi connectivity index (χ4v) is 3.91. The molecule has 1 saturated carbocycles. The number of hydrogen-bond donors (Lipinski definition) is 2. The maximum absolute atomic E-state index is 13.2. The van der Waals surface area contributed by atoms with Crippen molar-refractivity contribution in [1.82, 2.24) is 0 Å². The van der Waals surface area contributed by atoms with E-state index in [-0.39, 0.29) is 5.56 Å². The molecule has 0 heterocycles. The van der Waals surface area contributed by atoms with E-state index >= 15 is 0 Å². The average molecular weight is 398 g/mol. The molecule has 5 nitrogen and oxygen atoms in total. The van der Waals surface area contributed by atoms with Crippen molar-refractivity contribution < 1.29 is 17.6 Å². The lowest BCUT2D eigenvalue weighted by atomic mass is 9.99. The van der Waals surface area contributed by atoms with Gasteiger partial charge in [-0.1, -0.05) is 24.3 Å². The molecule has 0 spiro atoms. The van der Waals surface area contributed by atoms with Crippen LogP contribution in [0.1, 0.15) is 34.7 Å². The number of fused-ring (bicyclic) bond motifs is 1. The Morgan fingerprint density at radius 3 is 2.36 bits per heavy atom. The van der Waals surface area contributed by atoms with Gasteiger partial charge < -0.3 is 5.32 Å². The maximum atomic E-state index is 13.2. The van der Waals surface area contributed by atoms with Crippen LogP contribution in [0, 0.1) is 5.82 Å². The summed E-state index contributed by atoms with van der Waals surface area (Å²) in [5.74, 6) is -0.380. The molecule has 1 amide bonds. The average Bonchev–Trinajstić information content (AvgIpc) is 3.47. The van der Waals surface area contributed by atoms with Crippen LogP contribution in [0.5, 0.6) is 0 Å². The third kappa shape index (κ3) is 3.84. The lowest BCUT2D eigenvalue weighted by Crippen LogP contribution is -2.16. The highest BCUT2D eigenvalue weighted by molar-refractivity contribution is 7.92. The second kappa shape index (κ2) is 6.91. The molecule has 0 saturated heterocycles. The highest BCUT2D eigenvalue weighted by Crippen LogP contribution is 2.45. The van der Waals surface area contributed by atoms with Gasteiger partial charge in [0.2, 0.25) is 10.0 Å². The minimum Gasteiger partial charge on any atom is -0.320 e. The quantitative estimate of drug-likeness (QED) is 0.665. The summed E-state index contributed by atoms with van der Waals surface area (Å²) in [5, 5.41) is 4.55. The summed E-state index contributed by atoms with van der Waals surface area (Å²) >= 11 is 0. The number of carbonyl (C=O) groups excluding carboxylic acids is 1. The summed E-state index contributed by atoms with van der Waals surface area (Å²) in [5.41, 5.74) is 2.15. The Hall–Kier alpha value is -2.93. The van der Waals surface area contributed by atoms with Crippen molar-refractivity contribution in [2.24, 2.45) is 0 Å². The van der Waals surface area contributed by atoms with Crippen LogP contribution in [-0.2, 0) is 10.0 Å². The van der Waals surface area contributed by atoms with Gasteiger partial charge in [-0.3, -0.25) is 9.52 Å². The Labute approximate surface area is 162 Å². The van der Waals surface area contributed by atoms with E-state index < -0.39 is 21.7 Å². The van der Waals surface area contributed by atoms with Crippen molar-refractivity contribution in [3.63, 3.8) is 0 Å². The molecule has 0 unspecified atom stereocenters. The molecule has 1 aliphatic carbocycles.